The first-order chi connectivity index (χ1) is 15.0. The van der Waals surface area contributed by atoms with Gasteiger partial charge in [0, 0.05) is 17.6 Å². The predicted octanol–water partition coefficient (Wildman–Crippen LogP) is 5.97. The quantitative estimate of drug-likeness (QED) is 0.462. The summed E-state index contributed by atoms with van der Waals surface area (Å²) in [6.45, 7) is 9.32. The Labute approximate surface area is 205 Å². The largest absolute Gasteiger partial charge is 0.484 e. The molecular formula is C24H29Cl3N2O3. The van der Waals surface area contributed by atoms with Gasteiger partial charge in [0.2, 0.25) is 5.91 Å². The van der Waals surface area contributed by atoms with E-state index in [9.17, 15) is 9.59 Å². The maximum absolute atomic E-state index is 13.1. The van der Waals surface area contributed by atoms with Crippen LogP contribution in [-0.4, -0.2) is 35.4 Å². The second kappa shape index (κ2) is 11.8. The molecule has 32 heavy (non-hydrogen) atoms. The highest BCUT2D eigenvalue weighted by Gasteiger charge is 2.27. The van der Waals surface area contributed by atoms with E-state index in [4.69, 9.17) is 39.5 Å². The molecule has 0 spiro atoms. The molecule has 0 bridgehead atoms. The topological polar surface area (TPSA) is 58.6 Å². The van der Waals surface area contributed by atoms with E-state index in [0.29, 0.717) is 20.8 Å². The molecule has 0 unspecified atom stereocenters. The first-order valence-corrected chi connectivity index (χ1v) is 11.6. The van der Waals surface area contributed by atoms with Crippen molar-refractivity contribution in [1.29, 1.82) is 0 Å². The third-order valence-corrected chi connectivity index (χ3v) is 6.61. The number of halogens is 3. The molecule has 0 saturated carbocycles. The Balaban J connectivity index is 2.22. The third-order valence-electron chi connectivity index (χ3n) is 5.28. The van der Waals surface area contributed by atoms with Gasteiger partial charge in [-0.2, -0.15) is 0 Å². The number of carbonyl (C=O) groups is 2. The molecule has 0 aliphatic carbocycles. The van der Waals surface area contributed by atoms with E-state index in [0.717, 1.165) is 23.1 Å². The fourth-order valence-electron chi connectivity index (χ4n) is 3.10. The van der Waals surface area contributed by atoms with Crippen LogP contribution in [0.1, 0.15) is 43.9 Å². The molecule has 1 N–H and O–H groups in total. The summed E-state index contributed by atoms with van der Waals surface area (Å²) in [4.78, 5) is 27.4. The van der Waals surface area contributed by atoms with Crippen molar-refractivity contribution in [2.24, 2.45) is 0 Å². The fourth-order valence-corrected chi connectivity index (χ4v) is 3.53. The highest BCUT2D eigenvalue weighted by atomic mass is 35.5. The second-order valence-electron chi connectivity index (χ2n) is 7.92. The fraction of sp³-hybridized carbons (Fsp3) is 0.417. The van der Waals surface area contributed by atoms with Crippen molar-refractivity contribution in [3.63, 3.8) is 0 Å². The average Bonchev–Trinajstić information content (AvgIpc) is 2.75. The maximum atomic E-state index is 13.1. The molecule has 2 atom stereocenters. The van der Waals surface area contributed by atoms with Gasteiger partial charge in [-0.15, -0.1) is 0 Å². The van der Waals surface area contributed by atoms with Gasteiger partial charge in [0.1, 0.15) is 11.8 Å². The van der Waals surface area contributed by atoms with Crippen molar-refractivity contribution < 1.29 is 14.3 Å². The number of hydrogen-bond acceptors (Lipinski definition) is 3. The van der Waals surface area contributed by atoms with Crippen LogP contribution in [-0.2, 0) is 16.1 Å². The van der Waals surface area contributed by atoms with Gasteiger partial charge < -0.3 is 15.0 Å². The highest BCUT2D eigenvalue weighted by molar-refractivity contribution is 6.42. The van der Waals surface area contributed by atoms with E-state index in [1.165, 1.54) is 4.90 Å². The number of rotatable bonds is 9. The molecule has 174 valence electrons. The molecule has 8 heteroatoms. The first kappa shape index (κ1) is 26.3. The number of amides is 2. The summed E-state index contributed by atoms with van der Waals surface area (Å²) >= 11 is 18.4. The number of nitrogens with one attached hydrogen (secondary N) is 1. The summed E-state index contributed by atoms with van der Waals surface area (Å²) in [5.74, 6) is -0.0111. The molecule has 0 fully saturated rings. The van der Waals surface area contributed by atoms with Crippen molar-refractivity contribution >= 4 is 46.6 Å². The van der Waals surface area contributed by atoms with Gasteiger partial charge >= 0.3 is 0 Å². The minimum absolute atomic E-state index is 0.00291. The molecule has 0 aliphatic heterocycles. The van der Waals surface area contributed by atoms with Crippen LogP contribution >= 0.6 is 34.8 Å². The van der Waals surface area contributed by atoms with E-state index in [2.05, 4.69) is 5.32 Å². The van der Waals surface area contributed by atoms with Crippen LogP contribution in [0.2, 0.25) is 15.1 Å². The summed E-state index contributed by atoms with van der Waals surface area (Å²) in [5.41, 5.74) is 2.49. The molecule has 0 radical (unpaired) electrons. The Kier molecular flexibility index (Phi) is 9.68. The Morgan fingerprint density at radius 2 is 1.66 bits per heavy atom. The van der Waals surface area contributed by atoms with Gasteiger partial charge in [0.15, 0.2) is 6.61 Å². The highest BCUT2D eigenvalue weighted by Crippen LogP contribution is 2.26. The number of ether oxygens (including phenoxy) is 1. The van der Waals surface area contributed by atoms with E-state index < -0.39 is 6.04 Å². The third kappa shape index (κ3) is 7.03. The molecule has 0 saturated heterocycles. The zero-order valence-corrected chi connectivity index (χ0v) is 21.2. The van der Waals surface area contributed by atoms with Gasteiger partial charge in [-0.25, -0.2) is 0 Å². The predicted molar refractivity (Wildman–Crippen MR) is 131 cm³/mol. The molecule has 2 amide bonds. The smallest absolute Gasteiger partial charge is 0.261 e. The monoisotopic (exact) mass is 498 g/mol. The van der Waals surface area contributed by atoms with Crippen molar-refractivity contribution in [3.8, 4) is 5.75 Å². The van der Waals surface area contributed by atoms with Crippen molar-refractivity contribution in [2.45, 2.75) is 59.7 Å². The van der Waals surface area contributed by atoms with E-state index in [1.807, 2.05) is 27.7 Å². The van der Waals surface area contributed by atoms with Crippen LogP contribution in [0.3, 0.4) is 0 Å². The molecular weight excluding hydrogens is 471 g/mol. The number of aryl methyl sites for hydroxylation is 2. The molecule has 0 aromatic heterocycles. The van der Waals surface area contributed by atoms with Crippen LogP contribution < -0.4 is 10.1 Å². The van der Waals surface area contributed by atoms with Gasteiger partial charge in [0.25, 0.3) is 5.91 Å². The first-order valence-electron chi connectivity index (χ1n) is 10.5. The number of hydrogen-bond donors (Lipinski definition) is 1. The lowest BCUT2D eigenvalue weighted by atomic mass is 10.1. The van der Waals surface area contributed by atoms with Gasteiger partial charge in [0.05, 0.1) is 10.0 Å². The van der Waals surface area contributed by atoms with E-state index in [1.54, 1.807) is 37.3 Å². The average molecular weight is 500 g/mol. The van der Waals surface area contributed by atoms with Crippen molar-refractivity contribution in [2.75, 3.05) is 6.61 Å². The standard InChI is InChI=1S/C24H29Cl3N2O3/c1-6-16(4)28-24(31)17(5)29(12-18-7-8-20(25)21(26)11-18)22(30)13-32-19-9-14(2)23(27)15(3)10-19/h7-11,16-17H,6,12-13H2,1-5H3,(H,28,31)/t16-,17-/m0/s1. The minimum atomic E-state index is -0.705. The number of carbonyl (C=O) groups excluding carboxylic acids is 2. The van der Waals surface area contributed by atoms with Gasteiger partial charge in [-0.05, 0) is 75.1 Å². The summed E-state index contributed by atoms with van der Waals surface area (Å²) in [6.07, 6.45) is 0.789. The Morgan fingerprint density at radius 3 is 2.22 bits per heavy atom. The summed E-state index contributed by atoms with van der Waals surface area (Å²) in [5, 5.41) is 4.41. The van der Waals surface area contributed by atoms with E-state index >= 15 is 0 Å². The van der Waals surface area contributed by atoms with Crippen molar-refractivity contribution in [3.05, 3.63) is 62.1 Å². The summed E-state index contributed by atoms with van der Waals surface area (Å²) in [7, 11) is 0. The molecule has 0 aliphatic rings. The lowest BCUT2D eigenvalue weighted by Crippen LogP contribution is -2.50. The molecule has 0 heterocycles. The van der Waals surface area contributed by atoms with Crippen LogP contribution in [0.5, 0.6) is 5.75 Å². The Hall–Kier alpha value is -1.95. The lowest BCUT2D eigenvalue weighted by Gasteiger charge is -2.29. The van der Waals surface area contributed by atoms with Crippen LogP contribution in [0, 0.1) is 13.8 Å². The Bertz CT molecular complexity index is 958. The zero-order chi connectivity index (χ0) is 24.0. The van der Waals surface area contributed by atoms with Crippen molar-refractivity contribution in [1.82, 2.24) is 10.2 Å². The SMILES string of the molecule is CC[C@H](C)NC(=O)[C@H](C)N(Cc1ccc(Cl)c(Cl)c1)C(=O)COc1cc(C)c(Cl)c(C)c1. The lowest BCUT2D eigenvalue weighted by molar-refractivity contribution is -0.142. The molecule has 5 nitrogen and oxygen atoms in total. The van der Waals surface area contributed by atoms with Gasteiger partial charge in [-0.3, -0.25) is 9.59 Å². The maximum Gasteiger partial charge on any atom is 0.261 e. The molecule has 2 aromatic carbocycles. The van der Waals surface area contributed by atoms with Gasteiger partial charge in [-0.1, -0.05) is 47.8 Å². The van der Waals surface area contributed by atoms with Crippen LogP contribution in [0.15, 0.2) is 30.3 Å². The second-order valence-corrected chi connectivity index (χ2v) is 9.12. The Morgan fingerprint density at radius 1 is 1.03 bits per heavy atom. The summed E-state index contributed by atoms with van der Waals surface area (Å²) in [6, 6.07) is 8.00. The van der Waals surface area contributed by atoms with Crippen LogP contribution in [0.4, 0.5) is 0 Å². The summed E-state index contributed by atoms with van der Waals surface area (Å²) < 4.78 is 5.75. The number of benzene rings is 2. The van der Waals surface area contributed by atoms with E-state index in [-0.39, 0.29) is 31.0 Å². The minimum Gasteiger partial charge on any atom is -0.484 e. The molecule has 2 aromatic rings. The normalized spacial score (nSPS) is 12.8. The molecule has 2 rings (SSSR count). The van der Waals surface area contributed by atoms with Crippen LogP contribution in [0.25, 0.3) is 0 Å². The number of nitrogens with zero attached hydrogens (tertiary/aromatic N) is 1. The zero-order valence-electron chi connectivity index (χ0n) is 19.0.